The summed E-state index contributed by atoms with van der Waals surface area (Å²) in [4.78, 5) is 23.9. The number of anilines is 2. The Hall–Kier alpha value is -1.88. The van der Waals surface area contributed by atoms with Crippen LogP contribution in [0.1, 0.15) is 38.5 Å². The summed E-state index contributed by atoms with van der Waals surface area (Å²) in [6.45, 7) is 0. The highest BCUT2D eigenvalue weighted by molar-refractivity contribution is 5.98. The molecule has 0 radical (unpaired) electrons. The van der Waals surface area contributed by atoms with Crippen LogP contribution in [-0.4, -0.2) is 22.5 Å². The molecule has 0 spiro atoms. The van der Waals surface area contributed by atoms with Gasteiger partial charge in [0.1, 0.15) is 5.60 Å². The van der Waals surface area contributed by atoms with Gasteiger partial charge in [-0.1, -0.05) is 6.07 Å². The molecule has 0 aromatic heterocycles. The molecule has 0 heterocycles. The summed E-state index contributed by atoms with van der Waals surface area (Å²) in [6.07, 6.45) is 4.68. The Morgan fingerprint density at radius 1 is 1.10 bits per heavy atom. The van der Waals surface area contributed by atoms with Gasteiger partial charge in [0.25, 0.3) is 5.91 Å². The van der Waals surface area contributed by atoms with Crippen LogP contribution in [0.5, 0.6) is 0 Å². The third-order valence-electron chi connectivity index (χ3n) is 4.19. The van der Waals surface area contributed by atoms with E-state index < -0.39 is 5.60 Å². The highest BCUT2D eigenvalue weighted by Crippen LogP contribution is 2.32. The zero-order valence-corrected chi connectivity index (χ0v) is 11.9. The zero-order chi connectivity index (χ0) is 14.9. The smallest absolute Gasteiger partial charge is 0.256 e. The van der Waals surface area contributed by atoms with Crippen molar-refractivity contribution in [2.45, 2.75) is 44.1 Å². The van der Waals surface area contributed by atoms with Crippen LogP contribution in [0.4, 0.5) is 11.4 Å². The second-order valence-corrected chi connectivity index (χ2v) is 6.04. The highest BCUT2D eigenvalue weighted by atomic mass is 16.3. The Labute approximate surface area is 123 Å². The summed E-state index contributed by atoms with van der Waals surface area (Å²) in [6, 6.07) is 7.04. The van der Waals surface area contributed by atoms with Crippen LogP contribution >= 0.6 is 0 Å². The van der Waals surface area contributed by atoms with Crippen molar-refractivity contribution >= 4 is 23.2 Å². The summed E-state index contributed by atoms with van der Waals surface area (Å²) >= 11 is 0. The van der Waals surface area contributed by atoms with E-state index in [-0.39, 0.29) is 17.7 Å². The molecular weight excluding hydrogens is 268 g/mol. The van der Waals surface area contributed by atoms with Crippen molar-refractivity contribution in [1.82, 2.24) is 0 Å². The molecule has 2 amide bonds. The number of nitrogens with one attached hydrogen (secondary N) is 2. The van der Waals surface area contributed by atoms with Crippen molar-refractivity contribution in [3.8, 4) is 0 Å². The lowest BCUT2D eigenvalue weighted by atomic mass is 10.0. The first-order valence-corrected chi connectivity index (χ1v) is 7.52. The number of benzene rings is 1. The Kier molecular flexibility index (Phi) is 3.68. The predicted molar refractivity (Wildman–Crippen MR) is 79.8 cm³/mol. The molecule has 5 heteroatoms. The normalized spacial score (nSPS) is 20.0. The molecule has 0 unspecified atom stereocenters. The molecule has 0 atom stereocenters. The van der Waals surface area contributed by atoms with Gasteiger partial charge >= 0.3 is 0 Å². The van der Waals surface area contributed by atoms with Gasteiger partial charge in [-0.25, -0.2) is 0 Å². The van der Waals surface area contributed by atoms with Gasteiger partial charge in [-0.3, -0.25) is 9.59 Å². The molecule has 21 heavy (non-hydrogen) atoms. The van der Waals surface area contributed by atoms with Gasteiger partial charge in [-0.05, 0) is 56.7 Å². The number of carbonyl (C=O) groups excluding carboxylic acids is 2. The maximum atomic E-state index is 12.1. The lowest BCUT2D eigenvalue weighted by Gasteiger charge is -2.21. The molecular formula is C16H20N2O3. The van der Waals surface area contributed by atoms with E-state index in [9.17, 15) is 14.7 Å². The minimum Gasteiger partial charge on any atom is -0.380 e. The molecule has 0 bridgehead atoms. The van der Waals surface area contributed by atoms with Crippen molar-refractivity contribution in [2.24, 2.45) is 5.92 Å². The van der Waals surface area contributed by atoms with E-state index in [1.54, 1.807) is 24.3 Å². The first-order chi connectivity index (χ1) is 10.1. The molecule has 1 aromatic rings. The van der Waals surface area contributed by atoms with Crippen molar-refractivity contribution in [1.29, 1.82) is 0 Å². The lowest BCUT2D eigenvalue weighted by molar-refractivity contribution is -0.133. The number of carbonyl (C=O) groups is 2. The standard InChI is InChI=1S/C16H20N2O3/c19-14(11-6-7-11)17-12-4-3-5-13(10-12)18-15(20)16(21)8-1-2-9-16/h3-5,10-11,21H,1-2,6-9H2,(H,17,19)(H,18,20). The number of rotatable bonds is 4. The van der Waals surface area contributed by atoms with Gasteiger partial charge < -0.3 is 15.7 Å². The van der Waals surface area contributed by atoms with E-state index >= 15 is 0 Å². The minimum atomic E-state index is -1.24. The van der Waals surface area contributed by atoms with Crippen molar-refractivity contribution in [3.63, 3.8) is 0 Å². The van der Waals surface area contributed by atoms with E-state index in [1.807, 2.05) is 0 Å². The van der Waals surface area contributed by atoms with Crippen LogP contribution in [0.2, 0.25) is 0 Å². The number of aliphatic hydroxyl groups is 1. The largest absolute Gasteiger partial charge is 0.380 e. The molecule has 3 N–H and O–H groups in total. The monoisotopic (exact) mass is 288 g/mol. The molecule has 2 aliphatic rings. The summed E-state index contributed by atoms with van der Waals surface area (Å²) in [5.74, 6) is -0.180. The fourth-order valence-corrected chi connectivity index (χ4v) is 2.70. The Balaban J connectivity index is 1.65. The molecule has 1 aromatic carbocycles. The van der Waals surface area contributed by atoms with E-state index in [0.29, 0.717) is 24.2 Å². The van der Waals surface area contributed by atoms with Gasteiger partial charge in [0.2, 0.25) is 5.91 Å². The Bertz CT molecular complexity index is 560. The summed E-state index contributed by atoms with van der Waals surface area (Å²) < 4.78 is 0. The zero-order valence-electron chi connectivity index (χ0n) is 11.9. The van der Waals surface area contributed by atoms with Gasteiger partial charge in [0.05, 0.1) is 0 Å². The second kappa shape index (κ2) is 5.48. The van der Waals surface area contributed by atoms with Crippen molar-refractivity contribution in [2.75, 3.05) is 10.6 Å². The van der Waals surface area contributed by atoms with Crippen LogP contribution in [0.3, 0.4) is 0 Å². The highest BCUT2D eigenvalue weighted by Gasteiger charge is 2.38. The molecule has 0 aliphatic heterocycles. The SMILES string of the molecule is O=C(Nc1cccc(NC(=O)C2(O)CCCC2)c1)C1CC1. The topological polar surface area (TPSA) is 78.4 Å². The molecule has 2 aliphatic carbocycles. The summed E-state index contributed by atoms with van der Waals surface area (Å²) in [5, 5.41) is 15.8. The molecule has 3 rings (SSSR count). The van der Waals surface area contributed by atoms with Crippen molar-refractivity contribution < 1.29 is 14.7 Å². The maximum Gasteiger partial charge on any atom is 0.256 e. The molecule has 112 valence electrons. The van der Waals surface area contributed by atoms with Crippen LogP contribution < -0.4 is 10.6 Å². The van der Waals surface area contributed by atoms with E-state index in [0.717, 1.165) is 25.7 Å². The predicted octanol–water partition coefficient (Wildman–Crippen LogP) is 2.28. The first kappa shape index (κ1) is 14.1. The quantitative estimate of drug-likeness (QED) is 0.795. The Morgan fingerprint density at radius 3 is 2.33 bits per heavy atom. The fraction of sp³-hybridized carbons (Fsp3) is 0.500. The van der Waals surface area contributed by atoms with E-state index in [4.69, 9.17) is 0 Å². The van der Waals surface area contributed by atoms with Crippen LogP contribution in [0, 0.1) is 5.92 Å². The van der Waals surface area contributed by atoms with Gasteiger partial charge in [0, 0.05) is 17.3 Å². The van der Waals surface area contributed by atoms with Gasteiger partial charge in [0.15, 0.2) is 0 Å². The average Bonchev–Trinajstić information content (AvgIpc) is 3.21. The van der Waals surface area contributed by atoms with Gasteiger partial charge in [-0.15, -0.1) is 0 Å². The lowest BCUT2D eigenvalue weighted by Crippen LogP contribution is -2.40. The maximum absolute atomic E-state index is 12.1. The summed E-state index contributed by atoms with van der Waals surface area (Å²) in [7, 11) is 0. The number of amides is 2. The Morgan fingerprint density at radius 2 is 1.71 bits per heavy atom. The fourth-order valence-electron chi connectivity index (χ4n) is 2.70. The molecule has 0 saturated heterocycles. The molecule has 2 fully saturated rings. The number of hydrogen-bond donors (Lipinski definition) is 3. The van der Waals surface area contributed by atoms with Crippen LogP contribution in [0.25, 0.3) is 0 Å². The van der Waals surface area contributed by atoms with Crippen LogP contribution in [0.15, 0.2) is 24.3 Å². The van der Waals surface area contributed by atoms with Gasteiger partial charge in [-0.2, -0.15) is 0 Å². The number of hydrogen-bond acceptors (Lipinski definition) is 3. The third kappa shape index (κ3) is 3.24. The first-order valence-electron chi connectivity index (χ1n) is 7.52. The summed E-state index contributed by atoms with van der Waals surface area (Å²) in [5.41, 5.74) is 0.0184. The van der Waals surface area contributed by atoms with Crippen molar-refractivity contribution in [3.05, 3.63) is 24.3 Å². The third-order valence-corrected chi connectivity index (χ3v) is 4.19. The molecule has 5 nitrogen and oxygen atoms in total. The minimum absolute atomic E-state index is 0.0351. The average molecular weight is 288 g/mol. The van der Waals surface area contributed by atoms with Crippen LogP contribution in [-0.2, 0) is 9.59 Å². The van der Waals surface area contributed by atoms with E-state index in [2.05, 4.69) is 10.6 Å². The second-order valence-electron chi connectivity index (χ2n) is 6.04. The van der Waals surface area contributed by atoms with E-state index in [1.165, 1.54) is 0 Å². The molecule has 2 saturated carbocycles.